The van der Waals surface area contributed by atoms with Gasteiger partial charge in [0.2, 0.25) is 5.91 Å². The van der Waals surface area contributed by atoms with Gasteiger partial charge in [-0.15, -0.1) is 0 Å². The van der Waals surface area contributed by atoms with Crippen LogP contribution in [0.4, 0.5) is 14.9 Å². The van der Waals surface area contributed by atoms with Crippen molar-refractivity contribution in [3.8, 4) is 0 Å². The van der Waals surface area contributed by atoms with E-state index >= 15 is 0 Å². The molecule has 2 aromatic carbocycles. The van der Waals surface area contributed by atoms with E-state index < -0.39 is 35.6 Å². The molecule has 1 heterocycles. The molecule has 1 aliphatic rings. The molecule has 0 aromatic heterocycles. The number of imide groups is 1. The molecule has 0 radical (unpaired) electrons. The molecule has 1 aliphatic heterocycles. The Morgan fingerprint density at radius 1 is 1.17 bits per heavy atom. The number of urea groups is 1. The van der Waals surface area contributed by atoms with E-state index in [1.165, 1.54) is 19.1 Å². The van der Waals surface area contributed by atoms with Gasteiger partial charge in [-0.2, -0.15) is 0 Å². The Hall–Kier alpha value is -3.07. The van der Waals surface area contributed by atoms with Crippen LogP contribution < -0.4 is 10.6 Å². The molecule has 4 amide bonds. The fraction of sp³-hybridized carbons (Fsp3) is 0.200. The molecule has 2 N–H and O–H groups in total. The molecule has 1 saturated heterocycles. The number of hydrogen-bond donors (Lipinski definition) is 2. The number of Topliss-reactive ketones (excluding diaryl/α,β-unsaturated/α-hetero) is 1. The predicted molar refractivity (Wildman–Crippen MR) is 107 cm³/mol. The van der Waals surface area contributed by atoms with Crippen LogP contribution in [0.1, 0.15) is 29.8 Å². The molecule has 1 fully saturated rings. The number of benzene rings is 2. The third-order valence-electron chi connectivity index (χ3n) is 4.59. The van der Waals surface area contributed by atoms with Crippen LogP contribution in [-0.2, 0) is 15.1 Å². The fourth-order valence-corrected chi connectivity index (χ4v) is 3.33. The summed E-state index contributed by atoms with van der Waals surface area (Å²) in [4.78, 5) is 49.6. The fourth-order valence-electron chi connectivity index (χ4n) is 3.07. The Bertz CT molecular complexity index is 1020. The van der Waals surface area contributed by atoms with E-state index in [0.29, 0.717) is 5.56 Å². The monoisotopic (exact) mass is 461 g/mol. The Labute approximate surface area is 174 Å². The molecule has 9 heteroatoms. The van der Waals surface area contributed by atoms with E-state index in [1.54, 1.807) is 31.2 Å². The highest BCUT2D eigenvalue weighted by molar-refractivity contribution is 9.10. The molecule has 29 heavy (non-hydrogen) atoms. The summed E-state index contributed by atoms with van der Waals surface area (Å²) in [5.74, 6) is -2.58. The molecule has 1 atom stereocenters. The Balaban J connectivity index is 1.80. The number of amides is 4. The lowest BCUT2D eigenvalue weighted by Crippen LogP contribution is -2.41. The van der Waals surface area contributed by atoms with Crippen molar-refractivity contribution in [1.29, 1.82) is 0 Å². The highest BCUT2D eigenvalue weighted by Crippen LogP contribution is 2.30. The largest absolute Gasteiger partial charge is 0.326 e. The summed E-state index contributed by atoms with van der Waals surface area (Å²) in [6.07, 6.45) is 0. The molecular weight excluding hydrogens is 445 g/mol. The van der Waals surface area contributed by atoms with Crippen LogP contribution in [0.3, 0.4) is 0 Å². The van der Waals surface area contributed by atoms with Crippen LogP contribution in [-0.4, -0.2) is 35.1 Å². The minimum atomic E-state index is -1.33. The summed E-state index contributed by atoms with van der Waals surface area (Å²) >= 11 is 3.31. The summed E-state index contributed by atoms with van der Waals surface area (Å²) in [5.41, 5.74) is -0.854. The lowest BCUT2D eigenvalue weighted by molar-refractivity contribution is -0.130. The summed E-state index contributed by atoms with van der Waals surface area (Å²) < 4.78 is 15.1. The smallest absolute Gasteiger partial charge is 0.325 e. The van der Waals surface area contributed by atoms with Gasteiger partial charge in [0.05, 0.1) is 12.1 Å². The van der Waals surface area contributed by atoms with Crippen molar-refractivity contribution in [3.63, 3.8) is 0 Å². The molecule has 0 aliphatic carbocycles. The maximum absolute atomic E-state index is 14.3. The average molecular weight is 462 g/mol. The first-order chi connectivity index (χ1) is 13.6. The van der Waals surface area contributed by atoms with Gasteiger partial charge in [-0.3, -0.25) is 19.3 Å². The van der Waals surface area contributed by atoms with Gasteiger partial charge in [0.1, 0.15) is 11.4 Å². The molecular formula is C20H17BrFN3O4. The van der Waals surface area contributed by atoms with Crippen LogP contribution in [0.2, 0.25) is 0 Å². The van der Waals surface area contributed by atoms with Gasteiger partial charge in [0.25, 0.3) is 5.91 Å². The van der Waals surface area contributed by atoms with Crippen molar-refractivity contribution in [3.05, 3.63) is 63.9 Å². The minimum Gasteiger partial charge on any atom is -0.326 e. The van der Waals surface area contributed by atoms with Crippen molar-refractivity contribution in [2.75, 3.05) is 11.9 Å². The van der Waals surface area contributed by atoms with Crippen molar-refractivity contribution >= 4 is 45.2 Å². The third kappa shape index (κ3) is 4.04. The lowest BCUT2D eigenvalue weighted by Gasteiger charge is -2.22. The van der Waals surface area contributed by atoms with Crippen molar-refractivity contribution in [1.82, 2.24) is 10.2 Å². The van der Waals surface area contributed by atoms with Crippen LogP contribution in [0.5, 0.6) is 0 Å². The maximum Gasteiger partial charge on any atom is 0.325 e. The summed E-state index contributed by atoms with van der Waals surface area (Å²) in [6.45, 7) is 2.22. The second-order valence-electron chi connectivity index (χ2n) is 6.75. The van der Waals surface area contributed by atoms with Gasteiger partial charge in [-0.25, -0.2) is 9.18 Å². The zero-order valence-electron chi connectivity index (χ0n) is 15.6. The number of anilines is 1. The van der Waals surface area contributed by atoms with Gasteiger partial charge in [-0.1, -0.05) is 28.1 Å². The second kappa shape index (κ2) is 7.75. The lowest BCUT2D eigenvalue weighted by atomic mass is 9.92. The molecule has 0 bridgehead atoms. The number of rotatable bonds is 5. The molecule has 3 rings (SSSR count). The normalized spacial score (nSPS) is 18.6. The number of nitrogens with one attached hydrogen (secondary N) is 2. The van der Waals surface area contributed by atoms with Gasteiger partial charge >= 0.3 is 6.03 Å². The topological polar surface area (TPSA) is 95.6 Å². The van der Waals surface area contributed by atoms with E-state index in [2.05, 4.69) is 26.6 Å². The average Bonchev–Trinajstić information content (AvgIpc) is 2.85. The molecule has 0 spiro atoms. The number of nitrogens with zero attached hydrogens (tertiary/aromatic N) is 1. The molecule has 150 valence electrons. The number of hydrogen-bond acceptors (Lipinski definition) is 4. The van der Waals surface area contributed by atoms with Crippen LogP contribution in [0.25, 0.3) is 0 Å². The first-order valence-electron chi connectivity index (χ1n) is 8.62. The summed E-state index contributed by atoms with van der Waals surface area (Å²) in [6, 6.07) is 9.70. The van der Waals surface area contributed by atoms with E-state index in [1.807, 2.05) is 0 Å². The van der Waals surface area contributed by atoms with Gasteiger partial charge in [-0.05, 0) is 42.8 Å². The van der Waals surface area contributed by atoms with Crippen LogP contribution in [0.15, 0.2) is 46.9 Å². The van der Waals surface area contributed by atoms with Crippen molar-refractivity contribution < 1.29 is 23.6 Å². The van der Waals surface area contributed by atoms with Crippen molar-refractivity contribution in [2.24, 2.45) is 0 Å². The number of halogens is 2. The molecule has 7 nitrogen and oxygen atoms in total. The first-order valence-corrected chi connectivity index (χ1v) is 9.41. The SMILES string of the molecule is CC(=O)Nc1ccc(C(=O)CN2C(=O)NC(C)(c3ccc(Br)cc3)C2=O)c(F)c1. The quantitative estimate of drug-likeness (QED) is 0.527. The molecule has 2 aromatic rings. The molecule has 0 saturated carbocycles. The van der Waals surface area contributed by atoms with Gasteiger partial charge < -0.3 is 10.6 Å². The Kier molecular flexibility index (Phi) is 5.52. The van der Waals surface area contributed by atoms with Gasteiger partial charge in [0.15, 0.2) is 5.78 Å². The Morgan fingerprint density at radius 3 is 2.41 bits per heavy atom. The highest BCUT2D eigenvalue weighted by Gasteiger charge is 2.49. The third-order valence-corrected chi connectivity index (χ3v) is 5.12. The van der Waals surface area contributed by atoms with Gasteiger partial charge in [0, 0.05) is 17.1 Å². The standard InChI is InChI=1S/C20H17BrFN3O4/c1-11(26)23-14-7-8-15(16(22)9-14)17(27)10-25-18(28)20(2,24-19(25)29)12-3-5-13(21)6-4-12/h3-9H,10H2,1-2H3,(H,23,26)(H,24,29). The van der Waals surface area contributed by atoms with E-state index in [-0.39, 0.29) is 17.2 Å². The summed E-state index contributed by atoms with van der Waals surface area (Å²) in [7, 11) is 0. The number of ketones is 1. The van der Waals surface area contributed by atoms with Crippen LogP contribution >= 0.6 is 15.9 Å². The van der Waals surface area contributed by atoms with Crippen molar-refractivity contribution in [2.45, 2.75) is 19.4 Å². The van der Waals surface area contributed by atoms with E-state index in [0.717, 1.165) is 15.4 Å². The van der Waals surface area contributed by atoms with E-state index in [9.17, 15) is 23.6 Å². The zero-order valence-corrected chi connectivity index (χ0v) is 17.2. The molecule has 1 unspecified atom stereocenters. The Morgan fingerprint density at radius 2 is 1.83 bits per heavy atom. The predicted octanol–water partition coefficient (Wildman–Crippen LogP) is 3.20. The highest BCUT2D eigenvalue weighted by atomic mass is 79.9. The van der Waals surface area contributed by atoms with Crippen LogP contribution in [0, 0.1) is 5.82 Å². The summed E-state index contributed by atoms with van der Waals surface area (Å²) in [5, 5.41) is 5.01. The zero-order chi connectivity index (χ0) is 21.3. The number of carbonyl (C=O) groups is 4. The number of carbonyl (C=O) groups excluding carboxylic acids is 4. The first kappa shape index (κ1) is 20.7. The second-order valence-corrected chi connectivity index (χ2v) is 7.67. The maximum atomic E-state index is 14.3. The van der Waals surface area contributed by atoms with E-state index in [4.69, 9.17) is 0 Å². The minimum absolute atomic E-state index is 0.198.